The lowest BCUT2D eigenvalue weighted by atomic mass is 10.0. The third-order valence-electron chi connectivity index (χ3n) is 4.68. The number of aromatic amines is 1. The molecule has 1 atom stereocenters. The minimum Gasteiger partial charge on any atom is -0.345 e. The highest BCUT2D eigenvalue weighted by molar-refractivity contribution is 5.95. The first-order chi connectivity index (χ1) is 12.2. The number of aromatic nitrogens is 3. The summed E-state index contributed by atoms with van der Waals surface area (Å²) in [6.07, 6.45) is 7.57. The molecule has 1 fully saturated rings. The molecule has 0 saturated heterocycles. The molecule has 2 heterocycles. The number of hydrogen-bond donors (Lipinski definition) is 1. The van der Waals surface area contributed by atoms with E-state index in [1.807, 2.05) is 54.4 Å². The summed E-state index contributed by atoms with van der Waals surface area (Å²) in [6.45, 7) is 0. The van der Waals surface area contributed by atoms with Crippen LogP contribution < -0.4 is 0 Å². The Morgan fingerprint density at radius 3 is 2.72 bits per heavy atom. The zero-order chi connectivity index (χ0) is 17.2. The molecule has 3 aromatic rings. The van der Waals surface area contributed by atoms with E-state index in [2.05, 4.69) is 15.0 Å². The summed E-state index contributed by atoms with van der Waals surface area (Å²) in [5.41, 5.74) is 2.53. The predicted molar refractivity (Wildman–Crippen MR) is 95.8 cm³/mol. The first-order valence-corrected chi connectivity index (χ1v) is 8.52. The molecular formula is C20H20N4O. The van der Waals surface area contributed by atoms with Crippen molar-refractivity contribution in [3.05, 3.63) is 72.3 Å². The zero-order valence-electron chi connectivity index (χ0n) is 14.1. The molecule has 1 aromatic carbocycles. The van der Waals surface area contributed by atoms with Crippen molar-refractivity contribution in [2.45, 2.75) is 18.9 Å². The molecule has 0 unspecified atom stereocenters. The molecular weight excluding hydrogens is 312 g/mol. The Kier molecular flexibility index (Phi) is 4.06. The van der Waals surface area contributed by atoms with Crippen LogP contribution in [-0.2, 0) is 0 Å². The Morgan fingerprint density at radius 2 is 2.04 bits per heavy atom. The Balaban J connectivity index is 1.62. The van der Waals surface area contributed by atoms with Crippen LogP contribution in [0.2, 0.25) is 0 Å². The van der Waals surface area contributed by atoms with Gasteiger partial charge in [-0.2, -0.15) is 0 Å². The third-order valence-corrected chi connectivity index (χ3v) is 4.68. The summed E-state index contributed by atoms with van der Waals surface area (Å²) in [6, 6.07) is 13.5. The molecule has 1 aliphatic rings. The summed E-state index contributed by atoms with van der Waals surface area (Å²) in [4.78, 5) is 26.7. The van der Waals surface area contributed by atoms with E-state index in [-0.39, 0.29) is 11.9 Å². The van der Waals surface area contributed by atoms with Gasteiger partial charge in [0.15, 0.2) is 0 Å². The molecule has 5 heteroatoms. The highest BCUT2D eigenvalue weighted by Crippen LogP contribution is 2.43. The number of carbonyl (C=O) groups excluding carboxylic acids is 1. The average molecular weight is 332 g/mol. The lowest BCUT2D eigenvalue weighted by molar-refractivity contribution is 0.0707. The van der Waals surface area contributed by atoms with Gasteiger partial charge < -0.3 is 9.88 Å². The second-order valence-electron chi connectivity index (χ2n) is 6.47. The Morgan fingerprint density at radius 1 is 1.16 bits per heavy atom. The monoisotopic (exact) mass is 332 g/mol. The molecule has 0 bridgehead atoms. The molecule has 0 spiro atoms. The standard InChI is InChI=1S/C20H20N4O/c1-24(18(14-8-9-14)17-7-2-3-10-21-17)20(25)16-6-4-5-15(13-16)19-22-11-12-23-19/h2-7,10-14,18H,8-9H2,1H3,(H,22,23)/t18-/m1/s1. The van der Waals surface area contributed by atoms with E-state index < -0.39 is 0 Å². The normalized spacial score (nSPS) is 14.9. The maximum absolute atomic E-state index is 13.1. The van der Waals surface area contributed by atoms with Crippen LogP contribution in [0, 0.1) is 5.92 Å². The number of rotatable bonds is 5. The van der Waals surface area contributed by atoms with E-state index in [9.17, 15) is 4.79 Å². The van der Waals surface area contributed by atoms with Gasteiger partial charge in [0, 0.05) is 36.8 Å². The van der Waals surface area contributed by atoms with Crippen LogP contribution in [0.5, 0.6) is 0 Å². The van der Waals surface area contributed by atoms with Gasteiger partial charge in [-0.25, -0.2) is 4.98 Å². The lowest BCUT2D eigenvalue weighted by Crippen LogP contribution is -2.33. The molecule has 25 heavy (non-hydrogen) atoms. The molecule has 4 rings (SSSR count). The van der Waals surface area contributed by atoms with E-state index >= 15 is 0 Å². The molecule has 126 valence electrons. The minimum absolute atomic E-state index is 0.0101. The van der Waals surface area contributed by atoms with Gasteiger partial charge in [0.05, 0.1) is 11.7 Å². The van der Waals surface area contributed by atoms with E-state index in [1.165, 1.54) is 0 Å². The van der Waals surface area contributed by atoms with Crippen LogP contribution in [0.1, 0.15) is 34.9 Å². The highest BCUT2D eigenvalue weighted by atomic mass is 16.2. The van der Waals surface area contributed by atoms with Gasteiger partial charge in [-0.3, -0.25) is 9.78 Å². The second kappa shape index (κ2) is 6.51. The fourth-order valence-corrected chi connectivity index (χ4v) is 3.27. The molecule has 2 aromatic heterocycles. The smallest absolute Gasteiger partial charge is 0.254 e. The number of pyridine rings is 1. The summed E-state index contributed by atoms with van der Waals surface area (Å²) in [5, 5.41) is 0. The van der Waals surface area contributed by atoms with Crippen LogP contribution in [0.4, 0.5) is 0 Å². The first kappa shape index (κ1) is 15.6. The van der Waals surface area contributed by atoms with Gasteiger partial charge in [0.1, 0.15) is 5.82 Å². The summed E-state index contributed by atoms with van der Waals surface area (Å²) >= 11 is 0. The highest BCUT2D eigenvalue weighted by Gasteiger charge is 2.37. The van der Waals surface area contributed by atoms with E-state index in [0.717, 1.165) is 29.9 Å². The van der Waals surface area contributed by atoms with Crippen molar-refractivity contribution in [3.8, 4) is 11.4 Å². The fraction of sp³-hybridized carbons (Fsp3) is 0.250. The Hall–Kier alpha value is -2.95. The first-order valence-electron chi connectivity index (χ1n) is 8.52. The van der Waals surface area contributed by atoms with Crippen LogP contribution in [0.3, 0.4) is 0 Å². The topological polar surface area (TPSA) is 61.9 Å². The number of nitrogens with zero attached hydrogens (tertiary/aromatic N) is 3. The number of nitrogens with one attached hydrogen (secondary N) is 1. The molecule has 5 nitrogen and oxygen atoms in total. The van der Waals surface area contributed by atoms with E-state index in [4.69, 9.17) is 0 Å². The maximum atomic E-state index is 13.1. The number of amides is 1. The third kappa shape index (κ3) is 3.18. The van der Waals surface area contributed by atoms with Crippen LogP contribution in [0.15, 0.2) is 61.1 Å². The van der Waals surface area contributed by atoms with Crippen molar-refractivity contribution in [1.29, 1.82) is 0 Å². The molecule has 1 saturated carbocycles. The van der Waals surface area contributed by atoms with Gasteiger partial charge in [0.25, 0.3) is 5.91 Å². The van der Waals surface area contributed by atoms with Crippen LogP contribution in [0.25, 0.3) is 11.4 Å². The second-order valence-corrected chi connectivity index (χ2v) is 6.47. The SMILES string of the molecule is CN(C(=O)c1cccc(-c2ncc[nH]2)c1)[C@@H](c1ccccn1)C1CC1. The molecule has 0 aliphatic heterocycles. The van der Waals surface area contributed by atoms with Crippen LogP contribution >= 0.6 is 0 Å². The van der Waals surface area contributed by atoms with Gasteiger partial charge in [0.2, 0.25) is 0 Å². The van der Waals surface area contributed by atoms with Gasteiger partial charge in [-0.05, 0) is 43.0 Å². The van der Waals surface area contributed by atoms with Crippen molar-refractivity contribution in [3.63, 3.8) is 0 Å². The maximum Gasteiger partial charge on any atom is 0.254 e. The molecule has 0 radical (unpaired) electrons. The van der Waals surface area contributed by atoms with Crippen molar-refractivity contribution in [2.75, 3.05) is 7.05 Å². The largest absolute Gasteiger partial charge is 0.345 e. The van der Waals surface area contributed by atoms with Crippen molar-refractivity contribution < 1.29 is 4.79 Å². The van der Waals surface area contributed by atoms with Crippen molar-refractivity contribution in [2.24, 2.45) is 5.92 Å². The van der Waals surface area contributed by atoms with Crippen LogP contribution in [-0.4, -0.2) is 32.8 Å². The molecule has 1 amide bonds. The summed E-state index contributed by atoms with van der Waals surface area (Å²) in [7, 11) is 1.87. The zero-order valence-corrected chi connectivity index (χ0v) is 14.1. The number of imidazole rings is 1. The predicted octanol–water partition coefficient (Wildman–Crippen LogP) is 3.70. The summed E-state index contributed by atoms with van der Waals surface area (Å²) < 4.78 is 0. The summed E-state index contributed by atoms with van der Waals surface area (Å²) in [5.74, 6) is 1.27. The van der Waals surface area contributed by atoms with Crippen molar-refractivity contribution in [1.82, 2.24) is 19.9 Å². The fourth-order valence-electron chi connectivity index (χ4n) is 3.27. The van der Waals surface area contributed by atoms with E-state index in [1.54, 1.807) is 18.6 Å². The van der Waals surface area contributed by atoms with Gasteiger partial charge in [-0.1, -0.05) is 18.2 Å². The van der Waals surface area contributed by atoms with E-state index in [0.29, 0.717) is 11.5 Å². The number of benzene rings is 1. The number of carbonyl (C=O) groups is 1. The van der Waals surface area contributed by atoms with Gasteiger partial charge in [-0.15, -0.1) is 0 Å². The Bertz CT molecular complexity index is 856. The Labute approximate surface area is 146 Å². The molecule has 1 N–H and O–H groups in total. The number of hydrogen-bond acceptors (Lipinski definition) is 3. The minimum atomic E-state index is 0.0101. The lowest BCUT2D eigenvalue weighted by Gasteiger charge is -2.28. The van der Waals surface area contributed by atoms with Crippen molar-refractivity contribution >= 4 is 5.91 Å². The number of H-pyrrole nitrogens is 1. The quantitative estimate of drug-likeness (QED) is 0.775. The van der Waals surface area contributed by atoms with Gasteiger partial charge >= 0.3 is 0 Å². The average Bonchev–Trinajstić information content (AvgIpc) is 3.33. The molecule has 1 aliphatic carbocycles.